The minimum atomic E-state index is -0.656. The third-order valence-electron chi connectivity index (χ3n) is 14.6. The highest BCUT2D eigenvalue weighted by Gasteiger charge is 2.50. The normalized spacial score (nSPS) is 12.9. The highest BCUT2D eigenvalue weighted by molar-refractivity contribution is 6.26. The van der Waals surface area contributed by atoms with Crippen molar-refractivity contribution >= 4 is 49.6 Å². The number of nitrogens with zero attached hydrogens (tertiary/aromatic N) is 2. The average molecular weight is 851 g/mol. The molecule has 0 saturated carbocycles. The number of rotatable bonds is 4. The lowest BCUT2D eigenvalue weighted by Gasteiger charge is -2.36. The Bertz CT molecular complexity index is 3790. The smallest absolute Gasteiger partial charge is 0.0725 e. The Kier molecular flexibility index (Phi) is 8.23. The monoisotopic (exact) mass is 850 g/mol. The van der Waals surface area contributed by atoms with Crippen LogP contribution in [0.5, 0.6) is 0 Å². The number of fused-ring (bicyclic) bond motifs is 20. The first-order valence-electron chi connectivity index (χ1n) is 23.3. The van der Waals surface area contributed by atoms with Gasteiger partial charge in [0.15, 0.2) is 0 Å². The standard InChI is InChI=1S/C65H42N2/c1-3-20-44(21-4-1)66(45-22-5-2-6-23-45)46-36-38-47(39-37-46)67-60-41-35-43-19-7-8-24-48(43)63(60)64-61(67)42-40-59-62(64)55-31-15-18-34-58(55)65(59)56-32-16-13-29-53(56)51-27-11-9-25-49(51)50-26-10-12-28-52(50)54-30-14-17-33-57(54)65/h1-42H. The van der Waals surface area contributed by atoms with Gasteiger partial charge in [-0.05, 0) is 138 Å². The summed E-state index contributed by atoms with van der Waals surface area (Å²) in [5, 5.41) is 5.04. The van der Waals surface area contributed by atoms with Crippen LogP contribution in [-0.2, 0) is 5.41 Å². The molecule has 2 aliphatic carbocycles. The first-order valence-corrected chi connectivity index (χ1v) is 23.3. The molecular weight excluding hydrogens is 809 g/mol. The van der Waals surface area contributed by atoms with Crippen LogP contribution in [0.25, 0.3) is 82.8 Å². The summed E-state index contributed by atoms with van der Waals surface area (Å²) in [6.07, 6.45) is 0. The summed E-state index contributed by atoms with van der Waals surface area (Å²) in [4.78, 5) is 2.33. The fourth-order valence-corrected chi connectivity index (χ4v) is 12.0. The van der Waals surface area contributed by atoms with Crippen molar-refractivity contribution in [1.29, 1.82) is 0 Å². The molecule has 67 heavy (non-hydrogen) atoms. The van der Waals surface area contributed by atoms with Crippen molar-refractivity contribution in [2.45, 2.75) is 5.41 Å². The van der Waals surface area contributed by atoms with Gasteiger partial charge in [-0.2, -0.15) is 0 Å². The second-order valence-corrected chi connectivity index (χ2v) is 17.9. The fraction of sp³-hybridized carbons (Fsp3) is 0.0154. The molecule has 2 nitrogen and oxygen atoms in total. The van der Waals surface area contributed by atoms with E-state index < -0.39 is 5.41 Å². The van der Waals surface area contributed by atoms with Crippen LogP contribution in [0.15, 0.2) is 255 Å². The van der Waals surface area contributed by atoms with Crippen molar-refractivity contribution in [3.63, 3.8) is 0 Å². The molecule has 0 bridgehead atoms. The summed E-state index contributed by atoms with van der Waals surface area (Å²) < 4.78 is 2.50. The second-order valence-electron chi connectivity index (χ2n) is 17.9. The molecule has 1 spiro atoms. The molecule has 0 saturated heterocycles. The van der Waals surface area contributed by atoms with Crippen molar-refractivity contribution in [1.82, 2.24) is 4.57 Å². The maximum Gasteiger partial charge on any atom is 0.0725 e. The number of hydrogen-bond acceptors (Lipinski definition) is 1. The summed E-state index contributed by atoms with van der Waals surface area (Å²) in [5.41, 5.74) is 21.4. The van der Waals surface area contributed by atoms with Gasteiger partial charge in [0.25, 0.3) is 0 Å². The lowest BCUT2D eigenvalue weighted by Crippen LogP contribution is -2.30. The van der Waals surface area contributed by atoms with Crippen LogP contribution in [0, 0.1) is 0 Å². The topological polar surface area (TPSA) is 8.17 Å². The van der Waals surface area contributed by atoms with Crippen LogP contribution in [0.3, 0.4) is 0 Å². The number of para-hydroxylation sites is 2. The SMILES string of the molecule is c1ccc(N(c2ccccc2)c2ccc(-n3c4ccc5c(c4c4c6ccccc6ccc43)-c3ccccc3C53c4ccccc4-c4ccccc4-c4ccccc4-c4ccccc43)cc2)cc1. The van der Waals surface area contributed by atoms with Gasteiger partial charge in [0, 0.05) is 33.5 Å². The molecule has 0 fully saturated rings. The van der Waals surface area contributed by atoms with Gasteiger partial charge in [-0.3, -0.25) is 0 Å². The molecule has 0 atom stereocenters. The van der Waals surface area contributed by atoms with Crippen LogP contribution in [-0.4, -0.2) is 4.57 Å². The molecule has 12 aromatic rings. The van der Waals surface area contributed by atoms with E-state index in [9.17, 15) is 0 Å². The van der Waals surface area contributed by atoms with Crippen molar-refractivity contribution in [3.05, 3.63) is 277 Å². The zero-order valence-electron chi connectivity index (χ0n) is 36.6. The summed E-state index contributed by atoms with van der Waals surface area (Å²) in [5.74, 6) is 0. The summed E-state index contributed by atoms with van der Waals surface area (Å²) in [7, 11) is 0. The van der Waals surface area contributed by atoms with E-state index in [1.807, 2.05) is 0 Å². The number of anilines is 3. The summed E-state index contributed by atoms with van der Waals surface area (Å²) in [6.45, 7) is 0. The number of hydrogen-bond donors (Lipinski definition) is 0. The van der Waals surface area contributed by atoms with Crippen LogP contribution in [0.4, 0.5) is 17.1 Å². The molecule has 2 heteroatoms. The second kappa shape index (κ2) is 14.7. The van der Waals surface area contributed by atoms with E-state index in [4.69, 9.17) is 0 Å². The molecular formula is C65H42N2. The van der Waals surface area contributed by atoms with Crippen LogP contribution in [0.1, 0.15) is 22.3 Å². The molecule has 312 valence electrons. The van der Waals surface area contributed by atoms with Gasteiger partial charge in [0.2, 0.25) is 0 Å². The maximum atomic E-state index is 2.50. The Balaban J connectivity index is 1.10. The maximum absolute atomic E-state index is 2.50. The van der Waals surface area contributed by atoms with Gasteiger partial charge in [0.05, 0.1) is 16.4 Å². The Labute approximate surface area is 389 Å². The van der Waals surface area contributed by atoms with Gasteiger partial charge >= 0.3 is 0 Å². The predicted molar refractivity (Wildman–Crippen MR) is 280 cm³/mol. The summed E-state index contributed by atoms with van der Waals surface area (Å²) in [6, 6.07) is 94.6. The van der Waals surface area contributed by atoms with E-state index in [-0.39, 0.29) is 0 Å². The Morgan fingerprint density at radius 1 is 0.284 bits per heavy atom. The highest BCUT2D eigenvalue weighted by Crippen LogP contribution is 2.63. The van der Waals surface area contributed by atoms with Gasteiger partial charge < -0.3 is 9.47 Å². The largest absolute Gasteiger partial charge is 0.311 e. The molecule has 0 unspecified atom stereocenters. The molecule has 11 aromatic carbocycles. The molecule has 1 aromatic heterocycles. The molecule has 2 aliphatic rings. The minimum absolute atomic E-state index is 0.656. The van der Waals surface area contributed by atoms with E-state index >= 15 is 0 Å². The van der Waals surface area contributed by atoms with Crippen molar-refractivity contribution in [2.75, 3.05) is 4.90 Å². The Hall–Kier alpha value is -8.72. The van der Waals surface area contributed by atoms with E-state index in [0.29, 0.717) is 0 Å². The van der Waals surface area contributed by atoms with Gasteiger partial charge in [-0.25, -0.2) is 0 Å². The van der Waals surface area contributed by atoms with Gasteiger partial charge in [-0.15, -0.1) is 0 Å². The van der Waals surface area contributed by atoms with Crippen molar-refractivity contribution < 1.29 is 0 Å². The Morgan fingerprint density at radius 2 is 0.701 bits per heavy atom. The van der Waals surface area contributed by atoms with E-state index in [1.54, 1.807) is 0 Å². The number of aromatic nitrogens is 1. The lowest BCUT2D eigenvalue weighted by atomic mass is 9.64. The highest BCUT2D eigenvalue weighted by atomic mass is 15.1. The molecule has 1 heterocycles. The average Bonchev–Trinajstić information content (AvgIpc) is 3.91. The van der Waals surface area contributed by atoms with E-state index in [2.05, 4.69) is 264 Å². The third-order valence-corrected chi connectivity index (χ3v) is 14.6. The van der Waals surface area contributed by atoms with Crippen molar-refractivity contribution in [3.8, 4) is 50.2 Å². The lowest BCUT2D eigenvalue weighted by molar-refractivity contribution is 0.773. The zero-order valence-corrected chi connectivity index (χ0v) is 36.6. The van der Waals surface area contributed by atoms with E-state index in [1.165, 1.54) is 99.3 Å². The van der Waals surface area contributed by atoms with Crippen molar-refractivity contribution in [2.24, 2.45) is 0 Å². The van der Waals surface area contributed by atoms with Gasteiger partial charge in [-0.1, -0.05) is 194 Å². The van der Waals surface area contributed by atoms with Crippen LogP contribution < -0.4 is 4.90 Å². The molecule has 14 rings (SSSR count). The minimum Gasteiger partial charge on any atom is -0.311 e. The first-order chi connectivity index (χ1) is 33.3. The Morgan fingerprint density at radius 3 is 1.28 bits per heavy atom. The van der Waals surface area contributed by atoms with E-state index in [0.717, 1.165) is 22.7 Å². The molecule has 0 N–H and O–H groups in total. The van der Waals surface area contributed by atoms with Crippen LogP contribution >= 0.6 is 0 Å². The molecule has 0 amide bonds. The number of benzene rings is 11. The molecule has 0 radical (unpaired) electrons. The molecule has 0 aliphatic heterocycles. The third kappa shape index (κ3) is 5.33. The predicted octanol–water partition coefficient (Wildman–Crippen LogP) is 17.1. The quantitative estimate of drug-likeness (QED) is 0.171. The van der Waals surface area contributed by atoms with Crippen LogP contribution in [0.2, 0.25) is 0 Å². The zero-order chi connectivity index (χ0) is 44.1. The van der Waals surface area contributed by atoms with Gasteiger partial charge in [0.1, 0.15) is 0 Å². The first kappa shape index (κ1) is 37.6. The fourth-order valence-electron chi connectivity index (χ4n) is 12.0. The summed E-state index contributed by atoms with van der Waals surface area (Å²) >= 11 is 0.